The van der Waals surface area contributed by atoms with Crippen molar-refractivity contribution in [2.45, 2.75) is 25.8 Å². The van der Waals surface area contributed by atoms with Crippen LogP contribution in [0.4, 0.5) is 17.5 Å². The average Bonchev–Trinajstić information content (AvgIpc) is 3.06. The van der Waals surface area contributed by atoms with E-state index < -0.39 is 5.91 Å². The molecule has 0 unspecified atom stereocenters. The van der Waals surface area contributed by atoms with Gasteiger partial charge in [-0.25, -0.2) is 4.98 Å². The lowest BCUT2D eigenvalue weighted by atomic mass is 10.2. The first-order chi connectivity index (χ1) is 11.6. The fraction of sp³-hybridized carbons (Fsp3) is 0.353. The van der Waals surface area contributed by atoms with Crippen LogP contribution in [0.1, 0.15) is 28.8 Å². The largest absolute Gasteiger partial charge is 0.365 e. The van der Waals surface area contributed by atoms with E-state index in [-0.39, 0.29) is 5.56 Å². The maximum atomic E-state index is 11.6. The van der Waals surface area contributed by atoms with Gasteiger partial charge in [0.25, 0.3) is 5.91 Å². The highest BCUT2D eigenvalue weighted by Crippen LogP contribution is 2.20. The van der Waals surface area contributed by atoms with E-state index in [1.165, 1.54) is 12.6 Å². The molecule has 0 radical (unpaired) electrons. The van der Waals surface area contributed by atoms with Crippen LogP contribution in [-0.4, -0.2) is 35.0 Å². The van der Waals surface area contributed by atoms with Gasteiger partial charge in [0.2, 0.25) is 5.95 Å². The summed E-state index contributed by atoms with van der Waals surface area (Å²) in [6.45, 7) is 3.80. The molecule has 24 heavy (non-hydrogen) atoms. The van der Waals surface area contributed by atoms with Gasteiger partial charge in [0, 0.05) is 24.5 Å². The summed E-state index contributed by atoms with van der Waals surface area (Å²) in [5, 5.41) is 9.78. The zero-order valence-electron chi connectivity index (χ0n) is 13.7. The number of primary amides is 1. The van der Waals surface area contributed by atoms with Crippen LogP contribution in [0, 0.1) is 6.92 Å². The number of carbonyl (C=O) groups is 1. The summed E-state index contributed by atoms with van der Waals surface area (Å²) in [6, 6.07) is 8.26. The molecule has 1 aliphatic rings. The molecule has 0 aliphatic carbocycles. The van der Waals surface area contributed by atoms with Gasteiger partial charge in [0.1, 0.15) is 11.4 Å². The van der Waals surface area contributed by atoms with Gasteiger partial charge in [-0.3, -0.25) is 4.79 Å². The molecule has 1 fully saturated rings. The van der Waals surface area contributed by atoms with Crippen LogP contribution < -0.4 is 21.7 Å². The van der Waals surface area contributed by atoms with E-state index >= 15 is 0 Å². The Kier molecular flexibility index (Phi) is 4.90. The predicted octanol–water partition coefficient (Wildman–Crippen LogP) is 1.79. The molecule has 1 aromatic carbocycles. The highest BCUT2D eigenvalue weighted by atomic mass is 16.1. The van der Waals surface area contributed by atoms with Gasteiger partial charge < -0.3 is 21.7 Å². The number of nitrogens with one attached hydrogen (secondary N) is 3. The summed E-state index contributed by atoms with van der Waals surface area (Å²) < 4.78 is 0. The number of aromatic nitrogens is 2. The van der Waals surface area contributed by atoms with E-state index in [2.05, 4.69) is 25.9 Å². The number of amides is 1. The lowest BCUT2D eigenvalue weighted by molar-refractivity contribution is 0.100. The van der Waals surface area contributed by atoms with Crippen molar-refractivity contribution in [3.63, 3.8) is 0 Å². The van der Waals surface area contributed by atoms with Crippen molar-refractivity contribution in [2.24, 2.45) is 5.73 Å². The minimum atomic E-state index is -0.561. The van der Waals surface area contributed by atoms with Crippen LogP contribution in [0.3, 0.4) is 0 Å². The average molecular weight is 326 g/mol. The number of nitrogens with zero attached hydrogens (tertiary/aromatic N) is 2. The molecule has 0 spiro atoms. The molecular weight excluding hydrogens is 304 g/mol. The SMILES string of the molecule is Cc1cccc(Nc2nc(NC[C@H]3CCCN3)ncc2C(N)=O)c1. The maximum Gasteiger partial charge on any atom is 0.254 e. The fourth-order valence-corrected chi connectivity index (χ4v) is 2.75. The number of aryl methyl sites for hydroxylation is 1. The van der Waals surface area contributed by atoms with Gasteiger partial charge in [-0.15, -0.1) is 0 Å². The second kappa shape index (κ2) is 7.27. The number of hydrogen-bond acceptors (Lipinski definition) is 6. The molecule has 5 N–H and O–H groups in total. The molecule has 7 nitrogen and oxygen atoms in total. The molecule has 1 atom stereocenters. The molecule has 2 heterocycles. The highest BCUT2D eigenvalue weighted by Gasteiger charge is 2.16. The monoisotopic (exact) mass is 326 g/mol. The van der Waals surface area contributed by atoms with Crippen LogP contribution >= 0.6 is 0 Å². The summed E-state index contributed by atoms with van der Waals surface area (Å²) in [5.74, 6) is 0.322. The van der Waals surface area contributed by atoms with Crippen LogP contribution in [0.2, 0.25) is 0 Å². The van der Waals surface area contributed by atoms with Gasteiger partial charge in [0.05, 0.1) is 0 Å². The Morgan fingerprint density at radius 2 is 2.33 bits per heavy atom. The molecule has 1 aliphatic heterocycles. The predicted molar refractivity (Wildman–Crippen MR) is 94.5 cm³/mol. The van der Waals surface area contributed by atoms with Gasteiger partial charge in [-0.05, 0) is 44.0 Å². The second-order valence-corrected chi connectivity index (χ2v) is 5.99. The molecular formula is C17H22N6O. The van der Waals surface area contributed by atoms with E-state index in [9.17, 15) is 4.79 Å². The van der Waals surface area contributed by atoms with Gasteiger partial charge in [0.15, 0.2) is 0 Å². The molecule has 3 rings (SSSR count). The summed E-state index contributed by atoms with van der Waals surface area (Å²) in [5.41, 5.74) is 7.66. The van der Waals surface area contributed by atoms with E-state index in [0.717, 1.165) is 30.8 Å². The van der Waals surface area contributed by atoms with Crippen molar-refractivity contribution in [2.75, 3.05) is 23.7 Å². The minimum absolute atomic E-state index is 0.265. The number of rotatable bonds is 6. The molecule has 7 heteroatoms. The lowest BCUT2D eigenvalue weighted by Gasteiger charge is -2.14. The topological polar surface area (TPSA) is 105 Å². The number of benzene rings is 1. The normalized spacial score (nSPS) is 16.8. The van der Waals surface area contributed by atoms with Gasteiger partial charge in [-0.1, -0.05) is 12.1 Å². The van der Waals surface area contributed by atoms with Crippen molar-refractivity contribution in [3.8, 4) is 0 Å². The van der Waals surface area contributed by atoms with Crippen molar-refractivity contribution in [1.29, 1.82) is 0 Å². The Hall–Kier alpha value is -2.67. The zero-order chi connectivity index (χ0) is 16.9. The maximum absolute atomic E-state index is 11.6. The Labute approximate surface area is 141 Å². The standard InChI is InChI=1S/C17H22N6O/c1-11-4-2-5-12(8-11)22-16-14(15(18)24)10-21-17(23-16)20-9-13-6-3-7-19-13/h2,4-5,8,10,13,19H,3,6-7,9H2,1H3,(H2,18,24)(H2,20,21,22,23)/t13-/m1/s1. The first kappa shape index (κ1) is 16.2. The van der Waals surface area contributed by atoms with Gasteiger partial charge >= 0.3 is 0 Å². The summed E-state index contributed by atoms with van der Waals surface area (Å²) in [6.07, 6.45) is 3.78. The molecule has 1 amide bonds. The van der Waals surface area contributed by atoms with Crippen molar-refractivity contribution in [3.05, 3.63) is 41.6 Å². The van der Waals surface area contributed by atoms with Crippen molar-refractivity contribution < 1.29 is 4.79 Å². The lowest BCUT2D eigenvalue weighted by Crippen LogP contribution is -2.30. The third kappa shape index (κ3) is 3.99. The highest BCUT2D eigenvalue weighted by molar-refractivity contribution is 5.98. The molecule has 126 valence electrons. The zero-order valence-corrected chi connectivity index (χ0v) is 13.7. The van der Waals surface area contributed by atoms with E-state index in [0.29, 0.717) is 17.8 Å². The first-order valence-electron chi connectivity index (χ1n) is 8.09. The van der Waals surface area contributed by atoms with Crippen LogP contribution in [0.25, 0.3) is 0 Å². The minimum Gasteiger partial charge on any atom is -0.365 e. The Morgan fingerprint density at radius 3 is 3.04 bits per heavy atom. The van der Waals surface area contributed by atoms with Crippen LogP contribution in [0.5, 0.6) is 0 Å². The van der Waals surface area contributed by atoms with Crippen molar-refractivity contribution >= 4 is 23.4 Å². The Morgan fingerprint density at radius 1 is 1.46 bits per heavy atom. The first-order valence-corrected chi connectivity index (χ1v) is 8.09. The summed E-state index contributed by atoms with van der Waals surface area (Å²) in [7, 11) is 0. The number of nitrogens with two attached hydrogens (primary N) is 1. The smallest absolute Gasteiger partial charge is 0.254 e. The van der Waals surface area contributed by atoms with E-state index in [1.807, 2.05) is 31.2 Å². The second-order valence-electron chi connectivity index (χ2n) is 5.99. The van der Waals surface area contributed by atoms with Crippen molar-refractivity contribution in [1.82, 2.24) is 15.3 Å². The molecule has 1 saturated heterocycles. The Balaban J connectivity index is 1.78. The Bertz CT molecular complexity index is 727. The fourth-order valence-electron chi connectivity index (χ4n) is 2.75. The summed E-state index contributed by atoms with van der Waals surface area (Å²) in [4.78, 5) is 20.2. The number of anilines is 3. The van der Waals surface area contributed by atoms with E-state index in [4.69, 9.17) is 5.73 Å². The van der Waals surface area contributed by atoms with Crippen LogP contribution in [0.15, 0.2) is 30.5 Å². The summed E-state index contributed by atoms with van der Waals surface area (Å²) >= 11 is 0. The molecule has 1 aromatic heterocycles. The molecule has 2 aromatic rings. The quantitative estimate of drug-likeness (QED) is 0.645. The van der Waals surface area contributed by atoms with E-state index in [1.54, 1.807) is 0 Å². The van der Waals surface area contributed by atoms with Gasteiger partial charge in [-0.2, -0.15) is 4.98 Å². The molecule has 0 bridgehead atoms. The number of hydrogen-bond donors (Lipinski definition) is 4. The third-order valence-corrected chi connectivity index (χ3v) is 4.00. The molecule has 0 saturated carbocycles. The number of carbonyl (C=O) groups excluding carboxylic acids is 1. The van der Waals surface area contributed by atoms with Crippen LogP contribution in [-0.2, 0) is 0 Å². The third-order valence-electron chi connectivity index (χ3n) is 4.00.